The predicted molar refractivity (Wildman–Crippen MR) is 65.9 cm³/mol. The number of aliphatic carboxylic acids is 1. The summed E-state index contributed by atoms with van der Waals surface area (Å²) >= 11 is 0. The molecule has 1 rings (SSSR count). The molecule has 1 unspecified atom stereocenters. The van der Waals surface area contributed by atoms with E-state index in [1.54, 1.807) is 38.1 Å². The van der Waals surface area contributed by atoms with Crippen LogP contribution in [-0.2, 0) is 9.59 Å². The molecular weight excluding hydrogens is 216 g/mol. The molecule has 0 saturated heterocycles. The third kappa shape index (κ3) is 3.03. The molecule has 0 aliphatic heterocycles. The standard InChI is InChI=1S/C14H16O3/c1-9(11(3)15)10(2)13(14(16)17)12-7-5-4-6-8-12/h4-8,13H,1-3H3,(H,16,17)/b10-9+. The van der Waals surface area contributed by atoms with Crippen LogP contribution in [0.2, 0.25) is 0 Å². The van der Waals surface area contributed by atoms with Crippen LogP contribution in [0.4, 0.5) is 0 Å². The van der Waals surface area contributed by atoms with Gasteiger partial charge in [0.25, 0.3) is 0 Å². The lowest BCUT2D eigenvalue weighted by Gasteiger charge is -2.15. The minimum atomic E-state index is -0.936. The number of carboxylic acids is 1. The number of hydrogen-bond acceptors (Lipinski definition) is 2. The summed E-state index contributed by atoms with van der Waals surface area (Å²) in [6.07, 6.45) is 0. The molecule has 0 fully saturated rings. The van der Waals surface area contributed by atoms with Gasteiger partial charge in [0, 0.05) is 0 Å². The second kappa shape index (κ2) is 5.43. The lowest BCUT2D eigenvalue weighted by Crippen LogP contribution is -2.15. The fraction of sp³-hybridized carbons (Fsp3) is 0.286. The molecule has 0 saturated carbocycles. The van der Waals surface area contributed by atoms with Gasteiger partial charge in [-0.05, 0) is 37.5 Å². The smallest absolute Gasteiger partial charge is 0.315 e. The van der Waals surface area contributed by atoms with E-state index in [9.17, 15) is 14.7 Å². The van der Waals surface area contributed by atoms with Crippen LogP contribution in [0, 0.1) is 0 Å². The third-order valence-electron chi connectivity index (χ3n) is 2.93. The fourth-order valence-electron chi connectivity index (χ4n) is 1.72. The number of hydrogen-bond donors (Lipinski definition) is 1. The third-order valence-corrected chi connectivity index (χ3v) is 2.93. The Morgan fingerprint density at radius 2 is 1.59 bits per heavy atom. The maximum absolute atomic E-state index is 11.3. The summed E-state index contributed by atoms with van der Waals surface area (Å²) in [5.74, 6) is -1.78. The molecule has 0 radical (unpaired) electrons. The van der Waals surface area contributed by atoms with E-state index in [-0.39, 0.29) is 5.78 Å². The second-order valence-corrected chi connectivity index (χ2v) is 4.05. The topological polar surface area (TPSA) is 54.4 Å². The van der Waals surface area contributed by atoms with Crippen molar-refractivity contribution in [2.45, 2.75) is 26.7 Å². The van der Waals surface area contributed by atoms with Gasteiger partial charge >= 0.3 is 5.97 Å². The summed E-state index contributed by atoms with van der Waals surface area (Å²) in [6, 6.07) is 8.94. The Balaban J connectivity index is 3.25. The Morgan fingerprint density at radius 1 is 1.06 bits per heavy atom. The molecule has 17 heavy (non-hydrogen) atoms. The number of carboxylic acid groups (broad SMARTS) is 1. The Bertz CT molecular complexity index is 458. The van der Waals surface area contributed by atoms with Crippen molar-refractivity contribution in [1.29, 1.82) is 0 Å². The number of ketones is 1. The van der Waals surface area contributed by atoms with Gasteiger partial charge in [-0.15, -0.1) is 0 Å². The van der Waals surface area contributed by atoms with E-state index in [1.165, 1.54) is 6.92 Å². The van der Waals surface area contributed by atoms with Gasteiger partial charge in [0.05, 0.1) is 0 Å². The van der Waals surface area contributed by atoms with Crippen molar-refractivity contribution in [2.24, 2.45) is 0 Å². The van der Waals surface area contributed by atoms with Crippen LogP contribution >= 0.6 is 0 Å². The Kier molecular flexibility index (Phi) is 4.21. The maximum atomic E-state index is 11.3. The minimum Gasteiger partial charge on any atom is -0.481 e. The molecule has 1 N–H and O–H groups in total. The monoisotopic (exact) mass is 232 g/mol. The summed E-state index contributed by atoms with van der Waals surface area (Å²) in [7, 11) is 0. The van der Waals surface area contributed by atoms with Crippen molar-refractivity contribution >= 4 is 11.8 Å². The van der Waals surface area contributed by atoms with Crippen LogP contribution in [0.3, 0.4) is 0 Å². The second-order valence-electron chi connectivity index (χ2n) is 4.05. The largest absolute Gasteiger partial charge is 0.481 e. The van der Waals surface area contributed by atoms with Crippen LogP contribution < -0.4 is 0 Å². The van der Waals surface area contributed by atoms with Crippen molar-refractivity contribution in [3.63, 3.8) is 0 Å². The summed E-state index contributed by atoms with van der Waals surface area (Å²) in [5, 5.41) is 9.28. The highest BCUT2D eigenvalue weighted by molar-refractivity contribution is 5.95. The average molecular weight is 232 g/mol. The van der Waals surface area contributed by atoms with Gasteiger partial charge in [0.2, 0.25) is 0 Å². The molecule has 1 atom stereocenters. The first-order chi connectivity index (χ1) is 7.95. The van der Waals surface area contributed by atoms with Crippen LogP contribution in [-0.4, -0.2) is 16.9 Å². The van der Waals surface area contributed by atoms with Gasteiger partial charge in [-0.2, -0.15) is 0 Å². The number of carbonyl (C=O) groups excluding carboxylic acids is 1. The van der Waals surface area contributed by atoms with Gasteiger partial charge in [-0.1, -0.05) is 30.3 Å². The molecular formula is C14H16O3. The molecule has 0 aliphatic carbocycles. The van der Waals surface area contributed by atoms with Crippen LogP contribution in [0.5, 0.6) is 0 Å². The molecule has 0 aliphatic rings. The summed E-state index contributed by atoms with van der Waals surface area (Å²) < 4.78 is 0. The Hall–Kier alpha value is -1.90. The van der Waals surface area contributed by atoms with Gasteiger partial charge in [-0.3, -0.25) is 9.59 Å². The molecule has 1 aromatic carbocycles. The molecule has 0 aromatic heterocycles. The highest BCUT2D eigenvalue weighted by Gasteiger charge is 2.23. The predicted octanol–water partition coefficient (Wildman–Crippen LogP) is 2.78. The van der Waals surface area contributed by atoms with E-state index < -0.39 is 11.9 Å². The van der Waals surface area contributed by atoms with E-state index in [4.69, 9.17) is 0 Å². The Morgan fingerprint density at radius 3 is 2.00 bits per heavy atom. The average Bonchev–Trinajstić information content (AvgIpc) is 2.28. The number of Topliss-reactive ketones (excluding diaryl/α,β-unsaturated/α-hetero) is 1. The lowest BCUT2D eigenvalue weighted by molar-refractivity contribution is -0.137. The molecule has 3 heteroatoms. The Labute approximate surface area is 101 Å². The van der Waals surface area contributed by atoms with Crippen molar-refractivity contribution in [2.75, 3.05) is 0 Å². The van der Waals surface area contributed by atoms with Crippen LogP contribution in [0.15, 0.2) is 41.5 Å². The van der Waals surface area contributed by atoms with E-state index in [0.717, 1.165) is 0 Å². The minimum absolute atomic E-state index is 0.0929. The molecule has 0 amide bonds. The zero-order valence-corrected chi connectivity index (χ0v) is 10.2. The maximum Gasteiger partial charge on any atom is 0.315 e. The lowest BCUT2D eigenvalue weighted by atomic mass is 9.88. The van der Waals surface area contributed by atoms with Crippen LogP contribution in [0.25, 0.3) is 0 Å². The van der Waals surface area contributed by atoms with Gasteiger partial charge in [0.15, 0.2) is 5.78 Å². The molecule has 3 nitrogen and oxygen atoms in total. The van der Waals surface area contributed by atoms with Gasteiger partial charge in [0.1, 0.15) is 5.92 Å². The normalized spacial score (nSPS) is 13.8. The van der Waals surface area contributed by atoms with E-state index in [0.29, 0.717) is 16.7 Å². The van der Waals surface area contributed by atoms with Crippen molar-refractivity contribution < 1.29 is 14.7 Å². The summed E-state index contributed by atoms with van der Waals surface area (Å²) in [5.41, 5.74) is 1.80. The molecule has 0 bridgehead atoms. The number of benzene rings is 1. The SMILES string of the molecule is CC(=O)/C(C)=C(\C)C(C(=O)O)c1ccccc1. The highest BCUT2D eigenvalue weighted by atomic mass is 16.4. The van der Waals surface area contributed by atoms with Crippen molar-refractivity contribution in [1.82, 2.24) is 0 Å². The zero-order chi connectivity index (χ0) is 13.0. The first-order valence-electron chi connectivity index (χ1n) is 5.41. The summed E-state index contributed by atoms with van der Waals surface area (Å²) in [4.78, 5) is 22.6. The number of rotatable bonds is 4. The zero-order valence-electron chi connectivity index (χ0n) is 10.2. The van der Waals surface area contributed by atoms with Gasteiger partial charge in [-0.25, -0.2) is 0 Å². The molecule has 1 aromatic rings. The van der Waals surface area contributed by atoms with E-state index in [1.807, 2.05) is 6.07 Å². The van der Waals surface area contributed by atoms with E-state index >= 15 is 0 Å². The highest BCUT2D eigenvalue weighted by Crippen LogP contribution is 2.26. The van der Waals surface area contributed by atoms with Crippen LogP contribution in [0.1, 0.15) is 32.3 Å². The molecule has 0 heterocycles. The fourth-order valence-corrected chi connectivity index (χ4v) is 1.72. The quantitative estimate of drug-likeness (QED) is 0.812. The van der Waals surface area contributed by atoms with E-state index in [2.05, 4.69) is 0 Å². The molecule has 90 valence electrons. The molecule has 0 spiro atoms. The van der Waals surface area contributed by atoms with Crippen molar-refractivity contribution in [3.8, 4) is 0 Å². The van der Waals surface area contributed by atoms with Crippen molar-refractivity contribution in [3.05, 3.63) is 47.0 Å². The number of carbonyl (C=O) groups is 2. The van der Waals surface area contributed by atoms with Gasteiger partial charge < -0.3 is 5.11 Å². The summed E-state index contributed by atoms with van der Waals surface area (Å²) in [6.45, 7) is 4.81. The first kappa shape index (κ1) is 13.2. The number of allylic oxidation sites excluding steroid dienone is 1. The first-order valence-corrected chi connectivity index (χ1v) is 5.41.